The van der Waals surface area contributed by atoms with Gasteiger partial charge in [0.2, 0.25) is 0 Å². The number of carboxylic acid groups (broad SMARTS) is 1. The predicted octanol–water partition coefficient (Wildman–Crippen LogP) is 4.37. The molecule has 0 amide bonds. The molecule has 1 saturated heterocycles. The van der Waals surface area contributed by atoms with Gasteiger partial charge in [0.1, 0.15) is 11.9 Å². The van der Waals surface area contributed by atoms with Crippen LogP contribution < -0.4 is 10.1 Å². The van der Waals surface area contributed by atoms with E-state index in [0.29, 0.717) is 5.56 Å². The number of hydrogen-bond acceptors (Lipinski definition) is 4. The molecule has 4 rings (SSSR count). The number of aromatic carboxylic acids is 1. The summed E-state index contributed by atoms with van der Waals surface area (Å²) >= 11 is 1.64. The van der Waals surface area contributed by atoms with E-state index >= 15 is 0 Å². The summed E-state index contributed by atoms with van der Waals surface area (Å²) in [6.07, 6.45) is 4.02. The Hall–Kier alpha value is -1.85. The molecule has 2 heterocycles. The van der Waals surface area contributed by atoms with E-state index in [-0.39, 0.29) is 11.5 Å². The number of rotatable bonds is 4. The minimum absolute atomic E-state index is 0.151. The lowest BCUT2D eigenvalue weighted by molar-refractivity contribution is 0.0696. The van der Waals surface area contributed by atoms with Crippen LogP contribution in [0, 0.1) is 5.41 Å². The number of fused-ring (bicyclic) bond motifs is 1. The molecule has 1 aromatic heterocycles. The summed E-state index contributed by atoms with van der Waals surface area (Å²) < 4.78 is 6.22. The maximum atomic E-state index is 12.2. The van der Waals surface area contributed by atoms with Crippen LogP contribution in [0.25, 0.3) is 10.4 Å². The van der Waals surface area contributed by atoms with Gasteiger partial charge in [-0.3, -0.25) is 0 Å². The molecule has 0 radical (unpaired) electrons. The van der Waals surface area contributed by atoms with E-state index in [9.17, 15) is 9.90 Å². The molecule has 1 atom stereocenters. The van der Waals surface area contributed by atoms with E-state index in [4.69, 9.17) is 4.74 Å². The quantitative estimate of drug-likeness (QED) is 0.838. The second-order valence-electron chi connectivity index (χ2n) is 8.08. The van der Waals surface area contributed by atoms with E-state index in [1.165, 1.54) is 4.88 Å². The number of para-hydroxylation sites is 1. The van der Waals surface area contributed by atoms with Gasteiger partial charge < -0.3 is 15.2 Å². The van der Waals surface area contributed by atoms with Crippen molar-refractivity contribution >= 4 is 17.3 Å². The van der Waals surface area contributed by atoms with Crippen LogP contribution >= 0.6 is 11.3 Å². The van der Waals surface area contributed by atoms with Crippen LogP contribution in [-0.2, 0) is 12.8 Å². The molecule has 2 aromatic rings. The molecule has 26 heavy (non-hydrogen) atoms. The molecule has 4 nitrogen and oxygen atoms in total. The van der Waals surface area contributed by atoms with Crippen molar-refractivity contribution in [3.05, 3.63) is 40.3 Å². The highest BCUT2D eigenvalue weighted by Crippen LogP contribution is 2.47. The fourth-order valence-electron chi connectivity index (χ4n) is 4.00. The molecule has 1 aliphatic heterocycles. The first-order valence-electron chi connectivity index (χ1n) is 9.29. The number of benzene rings is 1. The summed E-state index contributed by atoms with van der Waals surface area (Å²) in [4.78, 5) is 14.2. The van der Waals surface area contributed by atoms with Crippen LogP contribution in [0.4, 0.5) is 0 Å². The van der Waals surface area contributed by atoms with Crippen molar-refractivity contribution < 1.29 is 14.6 Å². The largest absolute Gasteiger partial charge is 0.488 e. The van der Waals surface area contributed by atoms with Crippen molar-refractivity contribution in [2.45, 2.75) is 45.6 Å². The van der Waals surface area contributed by atoms with Gasteiger partial charge in [0, 0.05) is 17.0 Å². The van der Waals surface area contributed by atoms with Gasteiger partial charge in [-0.2, -0.15) is 0 Å². The Kier molecular flexibility index (Phi) is 4.53. The van der Waals surface area contributed by atoms with Gasteiger partial charge >= 0.3 is 5.97 Å². The third-order valence-electron chi connectivity index (χ3n) is 5.43. The Bertz CT molecular complexity index is 834. The molecular formula is C21H25NO3S. The van der Waals surface area contributed by atoms with Gasteiger partial charge in [-0.1, -0.05) is 26.0 Å². The van der Waals surface area contributed by atoms with Gasteiger partial charge in [0.05, 0.1) is 10.4 Å². The smallest absolute Gasteiger partial charge is 0.337 e. The lowest BCUT2D eigenvalue weighted by atomic mass is 9.76. The number of carboxylic acids is 1. The molecule has 1 aromatic carbocycles. The van der Waals surface area contributed by atoms with Gasteiger partial charge in [0.25, 0.3) is 0 Å². The third kappa shape index (κ3) is 3.26. The molecule has 2 aliphatic rings. The zero-order chi connectivity index (χ0) is 18.3. The van der Waals surface area contributed by atoms with Crippen LogP contribution in [0.15, 0.2) is 24.3 Å². The first-order chi connectivity index (χ1) is 12.4. The minimum Gasteiger partial charge on any atom is -0.488 e. The topological polar surface area (TPSA) is 58.6 Å². The van der Waals surface area contributed by atoms with E-state index in [2.05, 4.69) is 19.2 Å². The van der Waals surface area contributed by atoms with Crippen LogP contribution in [0.3, 0.4) is 0 Å². The maximum absolute atomic E-state index is 12.2. The Morgan fingerprint density at radius 3 is 2.88 bits per heavy atom. The second-order valence-corrected chi connectivity index (χ2v) is 9.19. The summed E-state index contributed by atoms with van der Waals surface area (Å²) in [7, 11) is 0. The second kappa shape index (κ2) is 6.71. The lowest BCUT2D eigenvalue weighted by Crippen LogP contribution is -2.22. The average Bonchev–Trinajstić information content (AvgIpc) is 3.21. The zero-order valence-corrected chi connectivity index (χ0v) is 16.1. The van der Waals surface area contributed by atoms with E-state index in [0.717, 1.165) is 60.5 Å². The standard InChI is InChI=1S/C21H25NO3S/c1-21(2)9-7-17-15(11-21)18(20(23)24)19(26-17)14-5-3-4-6-16(14)25-13-8-10-22-12-13/h3-6,13,22H,7-12H2,1-2H3,(H,23,24)/t13-/m1/s1. The SMILES string of the molecule is CC1(C)CCc2sc(-c3ccccc3O[C@@H]3CCNC3)c(C(=O)O)c2C1. The van der Waals surface area contributed by atoms with Crippen LogP contribution in [-0.4, -0.2) is 30.3 Å². The molecule has 0 bridgehead atoms. The number of thiophene rings is 1. The Balaban J connectivity index is 1.79. The molecule has 1 fully saturated rings. The van der Waals surface area contributed by atoms with Crippen molar-refractivity contribution in [2.75, 3.05) is 13.1 Å². The third-order valence-corrected chi connectivity index (χ3v) is 6.75. The van der Waals surface area contributed by atoms with Gasteiger partial charge in [-0.05, 0) is 55.3 Å². The fourth-order valence-corrected chi connectivity index (χ4v) is 5.34. The number of hydrogen-bond donors (Lipinski definition) is 2. The van der Waals surface area contributed by atoms with Crippen molar-refractivity contribution in [1.29, 1.82) is 0 Å². The van der Waals surface area contributed by atoms with Gasteiger partial charge in [-0.25, -0.2) is 4.79 Å². The summed E-state index contributed by atoms with van der Waals surface area (Å²) in [5.41, 5.74) is 2.58. The molecule has 5 heteroatoms. The van der Waals surface area contributed by atoms with Crippen LogP contribution in [0.2, 0.25) is 0 Å². The highest BCUT2D eigenvalue weighted by molar-refractivity contribution is 7.16. The summed E-state index contributed by atoms with van der Waals surface area (Å²) in [5, 5.41) is 13.3. The monoisotopic (exact) mass is 371 g/mol. The zero-order valence-electron chi connectivity index (χ0n) is 15.3. The normalized spacial score (nSPS) is 21.4. The van der Waals surface area contributed by atoms with Crippen molar-refractivity contribution in [3.63, 3.8) is 0 Å². The van der Waals surface area contributed by atoms with E-state index in [1.54, 1.807) is 11.3 Å². The van der Waals surface area contributed by atoms with E-state index in [1.807, 2.05) is 24.3 Å². The number of aryl methyl sites for hydroxylation is 1. The number of nitrogens with one attached hydrogen (secondary N) is 1. The van der Waals surface area contributed by atoms with Crippen molar-refractivity contribution in [2.24, 2.45) is 5.41 Å². The first-order valence-corrected chi connectivity index (χ1v) is 10.1. The van der Waals surface area contributed by atoms with Gasteiger partial charge in [0.15, 0.2) is 0 Å². The van der Waals surface area contributed by atoms with Crippen molar-refractivity contribution in [3.8, 4) is 16.2 Å². The minimum atomic E-state index is -0.826. The Labute approximate surface area is 158 Å². The Morgan fingerprint density at radius 1 is 1.35 bits per heavy atom. The average molecular weight is 372 g/mol. The number of ether oxygens (including phenoxy) is 1. The fraction of sp³-hybridized carbons (Fsp3) is 0.476. The molecule has 0 unspecified atom stereocenters. The van der Waals surface area contributed by atoms with Crippen LogP contribution in [0.1, 0.15) is 47.5 Å². The number of carbonyl (C=O) groups is 1. The summed E-state index contributed by atoms with van der Waals surface area (Å²) in [5.74, 6) is -0.0332. The molecule has 1 aliphatic carbocycles. The van der Waals surface area contributed by atoms with Gasteiger partial charge in [-0.15, -0.1) is 11.3 Å². The Morgan fingerprint density at radius 2 is 2.15 bits per heavy atom. The maximum Gasteiger partial charge on any atom is 0.337 e. The molecular weight excluding hydrogens is 346 g/mol. The van der Waals surface area contributed by atoms with E-state index < -0.39 is 5.97 Å². The summed E-state index contributed by atoms with van der Waals surface area (Å²) in [6.45, 7) is 6.26. The molecule has 0 saturated carbocycles. The highest BCUT2D eigenvalue weighted by atomic mass is 32.1. The summed E-state index contributed by atoms with van der Waals surface area (Å²) in [6, 6.07) is 7.87. The lowest BCUT2D eigenvalue weighted by Gasteiger charge is -2.29. The molecule has 0 spiro atoms. The first kappa shape index (κ1) is 17.6. The van der Waals surface area contributed by atoms with Crippen molar-refractivity contribution in [1.82, 2.24) is 5.32 Å². The van der Waals surface area contributed by atoms with Crippen LogP contribution in [0.5, 0.6) is 5.75 Å². The predicted molar refractivity (Wildman–Crippen MR) is 104 cm³/mol. The molecule has 138 valence electrons. The molecule has 2 N–H and O–H groups in total. The highest BCUT2D eigenvalue weighted by Gasteiger charge is 2.33.